The molecule has 128 valence electrons. The molecule has 1 heterocycles. The van der Waals surface area contributed by atoms with Crippen LogP contribution in [0.25, 0.3) is 0 Å². The van der Waals surface area contributed by atoms with Crippen molar-refractivity contribution >= 4 is 17.3 Å². The topological polar surface area (TPSA) is 56.2 Å². The van der Waals surface area contributed by atoms with Crippen molar-refractivity contribution in [1.82, 2.24) is 5.32 Å². The fraction of sp³-hybridized carbons (Fsp3) is 0.500. The van der Waals surface area contributed by atoms with Crippen LogP contribution in [0.15, 0.2) is 35.5 Å². The summed E-state index contributed by atoms with van der Waals surface area (Å²) in [5, 5.41) is 11.8. The quantitative estimate of drug-likeness (QED) is 0.805. The highest BCUT2D eigenvalue weighted by molar-refractivity contribution is 6.13. The summed E-state index contributed by atoms with van der Waals surface area (Å²) < 4.78 is 0. The second-order valence-corrected chi connectivity index (χ2v) is 6.80. The summed E-state index contributed by atoms with van der Waals surface area (Å²) in [4.78, 5) is 15.1. The number of amides is 1. The lowest BCUT2D eigenvalue weighted by Gasteiger charge is -2.33. The summed E-state index contributed by atoms with van der Waals surface area (Å²) in [6.07, 6.45) is 6.11. The van der Waals surface area contributed by atoms with Gasteiger partial charge in [0.05, 0.1) is 0 Å². The van der Waals surface area contributed by atoms with Gasteiger partial charge in [0.25, 0.3) is 5.91 Å². The molecule has 0 bridgehead atoms. The summed E-state index contributed by atoms with van der Waals surface area (Å²) in [6, 6.07) is 8.41. The van der Waals surface area contributed by atoms with E-state index in [1.165, 1.54) is 12.8 Å². The zero-order chi connectivity index (χ0) is 17.1. The number of carbonyl (C=O) groups excluding carboxylic acids is 1. The summed E-state index contributed by atoms with van der Waals surface area (Å²) in [6.45, 7) is 4.68. The van der Waals surface area contributed by atoms with Crippen LogP contribution in [0.1, 0.15) is 51.0 Å². The number of hydrogen-bond donors (Lipinski definition) is 2. The summed E-state index contributed by atoms with van der Waals surface area (Å²) >= 11 is 0. The molecule has 1 saturated carbocycles. The monoisotopic (exact) mass is 325 g/mol. The van der Waals surface area contributed by atoms with Crippen LogP contribution in [-0.4, -0.2) is 24.2 Å². The highest BCUT2D eigenvalue weighted by Crippen LogP contribution is 2.29. The van der Waals surface area contributed by atoms with Gasteiger partial charge in [-0.25, -0.2) is 0 Å². The molecule has 0 atom stereocenters. The van der Waals surface area contributed by atoms with Crippen LogP contribution in [0.4, 0.5) is 5.69 Å². The minimum Gasteiger partial charge on any atom is -0.378 e. The molecule has 0 spiro atoms. The zero-order valence-electron chi connectivity index (χ0n) is 14.7. The van der Waals surface area contributed by atoms with Crippen molar-refractivity contribution in [2.24, 2.45) is 0 Å². The van der Waals surface area contributed by atoms with Crippen LogP contribution in [0, 0.1) is 12.3 Å². The maximum absolute atomic E-state index is 13.2. The molecular weight excluding hydrogens is 298 g/mol. The summed E-state index contributed by atoms with van der Waals surface area (Å²) in [7, 11) is 0. The smallest absolute Gasteiger partial charge is 0.274 e. The van der Waals surface area contributed by atoms with E-state index in [9.17, 15) is 4.79 Å². The molecular formula is C20H27N3O. The number of rotatable bonds is 5. The van der Waals surface area contributed by atoms with Gasteiger partial charge in [0.2, 0.25) is 0 Å². The van der Waals surface area contributed by atoms with Crippen molar-refractivity contribution in [3.63, 3.8) is 0 Å². The van der Waals surface area contributed by atoms with E-state index < -0.39 is 0 Å². The first-order valence-corrected chi connectivity index (χ1v) is 9.06. The lowest BCUT2D eigenvalue weighted by molar-refractivity contribution is -0.115. The van der Waals surface area contributed by atoms with Gasteiger partial charge in [-0.3, -0.25) is 4.79 Å². The molecule has 1 aliphatic carbocycles. The van der Waals surface area contributed by atoms with E-state index in [1.54, 1.807) is 0 Å². The van der Waals surface area contributed by atoms with Gasteiger partial charge in [-0.1, -0.05) is 38.0 Å². The SMILES string of the molecule is CCC(=N)C1=C(NC2CCCC2)C(=O)N(c2ccccc2C)CC1. The normalized spacial score (nSPS) is 19.1. The van der Waals surface area contributed by atoms with E-state index in [-0.39, 0.29) is 5.91 Å². The molecule has 24 heavy (non-hydrogen) atoms. The van der Waals surface area contributed by atoms with Crippen LogP contribution in [0.2, 0.25) is 0 Å². The first-order valence-electron chi connectivity index (χ1n) is 9.06. The van der Waals surface area contributed by atoms with E-state index in [0.717, 1.165) is 36.1 Å². The Kier molecular flexibility index (Phi) is 5.03. The average Bonchev–Trinajstić information content (AvgIpc) is 3.10. The molecule has 1 aromatic rings. The summed E-state index contributed by atoms with van der Waals surface area (Å²) in [5.41, 5.74) is 4.27. The second kappa shape index (κ2) is 7.20. The number of benzene rings is 1. The van der Waals surface area contributed by atoms with Gasteiger partial charge >= 0.3 is 0 Å². The average molecular weight is 325 g/mol. The van der Waals surface area contributed by atoms with Gasteiger partial charge in [-0.2, -0.15) is 0 Å². The highest BCUT2D eigenvalue weighted by atomic mass is 16.2. The third kappa shape index (κ3) is 3.23. The predicted molar refractivity (Wildman–Crippen MR) is 98.6 cm³/mol. The Labute approximate surface area is 144 Å². The highest BCUT2D eigenvalue weighted by Gasteiger charge is 2.31. The first-order chi connectivity index (χ1) is 11.6. The van der Waals surface area contributed by atoms with Gasteiger partial charge < -0.3 is 15.6 Å². The molecule has 1 fully saturated rings. The molecule has 0 aromatic heterocycles. The molecule has 0 unspecified atom stereocenters. The Hall–Kier alpha value is -2.10. The fourth-order valence-corrected chi connectivity index (χ4v) is 3.75. The maximum atomic E-state index is 13.2. The number of carbonyl (C=O) groups is 1. The van der Waals surface area contributed by atoms with Gasteiger partial charge in [-0.05, 0) is 44.2 Å². The predicted octanol–water partition coefficient (Wildman–Crippen LogP) is 3.95. The largest absolute Gasteiger partial charge is 0.378 e. The molecule has 1 aromatic carbocycles. The number of nitrogens with one attached hydrogen (secondary N) is 2. The summed E-state index contributed by atoms with van der Waals surface area (Å²) in [5.74, 6) is 0.0238. The fourth-order valence-electron chi connectivity index (χ4n) is 3.75. The van der Waals surface area contributed by atoms with E-state index in [1.807, 2.05) is 43.0 Å². The van der Waals surface area contributed by atoms with E-state index >= 15 is 0 Å². The standard InChI is InChI=1S/C20H27N3O/c1-3-17(21)16-12-13-23(18-11-7-4-8-14(18)2)20(24)19(16)22-15-9-5-6-10-15/h4,7-8,11,15,21-22H,3,5-6,9-10,12-13H2,1-2H3. The van der Waals surface area contributed by atoms with Gasteiger partial charge in [-0.15, -0.1) is 0 Å². The minimum atomic E-state index is 0.0238. The van der Waals surface area contributed by atoms with Crippen LogP contribution < -0.4 is 10.2 Å². The molecule has 4 heteroatoms. The van der Waals surface area contributed by atoms with Crippen LogP contribution >= 0.6 is 0 Å². The van der Waals surface area contributed by atoms with Crippen LogP contribution in [0.5, 0.6) is 0 Å². The molecule has 0 saturated heterocycles. The number of anilines is 1. The van der Waals surface area contributed by atoms with E-state index in [2.05, 4.69) is 5.32 Å². The Morgan fingerprint density at radius 1 is 1.29 bits per heavy atom. The Bertz CT molecular complexity index is 671. The third-order valence-electron chi connectivity index (χ3n) is 5.17. The van der Waals surface area contributed by atoms with Crippen molar-refractivity contribution < 1.29 is 4.79 Å². The van der Waals surface area contributed by atoms with Gasteiger partial charge in [0.1, 0.15) is 5.70 Å². The van der Waals surface area contributed by atoms with Crippen molar-refractivity contribution in [1.29, 1.82) is 5.41 Å². The number of aryl methyl sites for hydroxylation is 1. The third-order valence-corrected chi connectivity index (χ3v) is 5.17. The van der Waals surface area contributed by atoms with Crippen LogP contribution in [-0.2, 0) is 4.79 Å². The van der Waals surface area contributed by atoms with Gasteiger partial charge in [0.15, 0.2) is 0 Å². The first kappa shape index (κ1) is 16.7. The number of nitrogens with zero attached hydrogens (tertiary/aromatic N) is 1. The van der Waals surface area contributed by atoms with Crippen LogP contribution in [0.3, 0.4) is 0 Å². The lowest BCUT2D eigenvalue weighted by Crippen LogP contribution is -2.45. The van der Waals surface area contributed by atoms with Gasteiger partial charge in [0, 0.05) is 29.6 Å². The molecule has 4 nitrogen and oxygen atoms in total. The molecule has 1 amide bonds. The van der Waals surface area contributed by atoms with E-state index in [4.69, 9.17) is 5.41 Å². The Balaban J connectivity index is 1.93. The molecule has 2 aliphatic rings. The lowest BCUT2D eigenvalue weighted by atomic mass is 9.96. The van der Waals surface area contributed by atoms with E-state index in [0.29, 0.717) is 30.4 Å². The molecule has 0 radical (unpaired) electrons. The van der Waals surface area contributed by atoms with Crippen molar-refractivity contribution in [2.75, 3.05) is 11.4 Å². The maximum Gasteiger partial charge on any atom is 0.274 e. The second-order valence-electron chi connectivity index (χ2n) is 6.80. The van der Waals surface area contributed by atoms with Crippen molar-refractivity contribution in [3.8, 4) is 0 Å². The number of hydrogen-bond acceptors (Lipinski definition) is 3. The number of para-hydroxylation sites is 1. The van der Waals surface area contributed by atoms with Crippen molar-refractivity contribution in [3.05, 3.63) is 41.1 Å². The Morgan fingerprint density at radius 2 is 2.00 bits per heavy atom. The van der Waals surface area contributed by atoms with Crippen molar-refractivity contribution in [2.45, 2.75) is 58.4 Å². The Morgan fingerprint density at radius 3 is 2.67 bits per heavy atom. The molecule has 2 N–H and O–H groups in total. The minimum absolute atomic E-state index is 0.0238. The molecule has 3 rings (SSSR count). The molecule has 1 aliphatic heterocycles. The zero-order valence-corrected chi connectivity index (χ0v) is 14.7.